The van der Waals surface area contributed by atoms with Gasteiger partial charge in [0.15, 0.2) is 6.61 Å². The van der Waals surface area contributed by atoms with Gasteiger partial charge in [-0.25, -0.2) is 0 Å². The smallest absolute Gasteiger partial charge is 0.260 e. The summed E-state index contributed by atoms with van der Waals surface area (Å²) in [6, 6.07) is 7.14. The Kier molecular flexibility index (Phi) is 3.85. The van der Waals surface area contributed by atoms with Crippen molar-refractivity contribution >= 4 is 17.5 Å². The highest BCUT2D eigenvalue weighted by molar-refractivity contribution is 6.30. The Labute approximate surface area is 124 Å². The van der Waals surface area contributed by atoms with Crippen molar-refractivity contribution in [3.8, 4) is 5.75 Å². The first-order valence-electron chi connectivity index (χ1n) is 7.04. The molecule has 0 saturated carbocycles. The van der Waals surface area contributed by atoms with Crippen LogP contribution >= 0.6 is 11.6 Å². The number of nitrogens with zero attached hydrogens (tertiary/aromatic N) is 1. The maximum Gasteiger partial charge on any atom is 0.260 e. The van der Waals surface area contributed by atoms with Gasteiger partial charge >= 0.3 is 0 Å². The Hall–Kier alpha value is -1.26. The molecule has 1 amide bonds. The standard InChI is InChI=1S/C15H19ClN2O2/c16-12-2-1-3-13(8-12)20-9-14(19)18-7-5-15(11-18)4-6-17-10-15/h1-3,8,17H,4-7,9-11H2. The lowest BCUT2D eigenvalue weighted by atomic mass is 9.87. The molecule has 0 radical (unpaired) electrons. The number of nitrogens with one attached hydrogen (secondary N) is 1. The molecule has 1 aromatic rings. The van der Waals surface area contributed by atoms with Gasteiger partial charge in [0.05, 0.1) is 0 Å². The minimum absolute atomic E-state index is 0.0637. The molecular formula is C15H19ClN2O2. The summed E-state index contributed by atoms with van der Waals surface area (Å²) in [5.41, 5.74) is 0.311. The Balaban J connectivity index is 1.52. The van der Waals surface area contributed by atoms with Crippen molar-refractivity contribution in [2.45, 2.75) is 12.8 Å². The van der Waals surface area contributed by atoms with E-state index in [0.717, 1.165) is 32.6 Å². The summed E-state index contributed by atoms with van der Waals surface area (Å²) >= 11 is 5.89. The number of ether oxygens (including phenoxy) is 1. The van der Waals surface area contributed by atoms with Gasteiger partial charge in [-0.05, 0) is 37.6 Å². The first-order chi connectivity index (χ1) is 9.67. The summed E-state index contributed by atoms with van der Waals surface area (Å²) in [6.45, 7) is 3.90. The molecule has 2 aliphatic heterocycles. The van der Waals surface area contributed by atoms with Crippen LogP contribution in [0.15, 0.2) is 24.3 Å². The Morgan fingerprint density at radius 1 is 1.45 bits per heavy atom. The van der Waals surface area contributed by atoms with Crippen LogP contribution in [0.1, 0.15) is 12.8 Å². The number of likely N-dealkylation sites (tertiary alicyclic amines) is 1. The van der Waals surface area contributed by atoms with Crippen molar-refractivity contribution in [3.05, 3.63) is 29.3 Å². The summed E-state index contributed by atoms with van der Waals surface area (Å²) in [6.07, 6.45) is 2.27. The zero-order valence-electron chi connectivity index (χ0n) is 11.4. The molecule has 2 heterocycles. The van der Waals surface area contributed by atoms with E-state index in [9.17, 15) is 4.79 Å². The highest BCUT2D eigenvalue weighted by atomic mass is 35.5. The zero-order valence-corrected chi connectivity index (χ0v) is 12.2. The van der Waals surface area contributed by atoms with Crippen molar-refractivity contribution in [2.24, 2.45) is 5.41 Å². The van der Waals surface area contributed by atoms with E-state index in [2.05, 4.69) is 5.32 Å². The molecule has 0 aliphatic carbocycles. The molecule has 1 aromatic carbocycles. The minimum atomic E-state index is 0.0637. The van der Waals surface area contributed by atoms with E-state index in [4.69, 9.17) is 16.3 Å². The number of carbonyl (C=O) groups excluding carboxylic acids is 1. The van der Waals surface area contributed by atoms with Gasteiger partial charge < -0.3 is 15.0 Å². The fraction of sp³-hybridized carbons (Fsp3) is 0.533. The molecule has 108 valence electrons. The van der Waals surface area contributed by atoms with Gasteiger partial charge in [0.2, 0.25) is 0 Å². The van der Waals surface area contributed by atoms with Crippen LogP contribution in [-0.2, 0) is 4.79 Å². The van der Waals surface area contributed by atoms with E-state index in [1.165, 1.54) is 6.42 Å². The lowest BCUT2D eigenvalue weighted by Gasteiger charge is -2.22. The van der Waals surface area contributed by atoms with Gasteiger partial charge in [0.1, 0.15) is 5.75 Å². The molecule has 1 atom stereocenters. The Morgan fingerprint density at radius 2 is 2.35 bits per heavy atom. The van der Waals surface area contributed by atoms with E-state index < -0.39 is 0 Å². The average molecular weight is 295 g/mol. The third-order valence-electron chi connectivity index (χ3n) is 4.28. The molecule has 1 unspecified atom stereocenters. The third-order valence-corrected chi connectivity index (χ3v) is 4.52. The van der Waals surface area contributed by atoms with E-state index in [1.807, 2.05) is 17.0 Å². The zero-order chi connectivity index (χ0) is 14.0. The Morgan fingerprint density at radius 3 is 3.10 bits per heavy atom. The molecule has 3 rings (SSSR count). The van der Waals surface area contributed by atoms with Crippen LogP contribution in [0.25, 0.3) is 0 Å². The number of rotatable bonds is 3. The second kappa shape index (κ2) is 5.62. The van der Waals surface area contributed by atoms with Gasteiger partial charge in [-0.1, -0.05) is 17.7 Å². The summed E-state index contributed by atoms with van der Waals surface area (Å²) in [5, 5.41) is 4.01. The molecule has 5 heteroatoms. The van der Waals surface area contributed by atoms with Crippen LogP contribution in [-0.4, -0.2) is 43.6 Å². The van der Waals surface area contributed by atoms with Crippen LogP contribution < -0.4 is 10.1 Å². The third kappa shape index (κ3) is 2.91. The van der Waals surface area contributed by atoms with Crippen LogP contribution in [0.4, 0.5) is 0 Å². The van der Waals surface area contributed by atoms with E-state index >= 15 is 0 Å². The lowest BCUT2D eigenvalue weighted by Crippen LogP contribution is -2.36. The van der Waals surface area contributed by atoms with Crippen LogP contribution in [0, 0.1) is 5.41 Å². The Bertz CT molecular complexity index is 500. The molecule has 1 N–H and O–H groups in total. The van der Waals surface area contributed by atoms with E-state index in [0.29, 0.717) is 16.2 Å². The summed E-state index contributed by atoms with van der Waals surface area (Å²) < 4.78 is 5.52. The summed E-state index contributed by atoms with van der Waals surface area (Å²) in [7, 11) is 0. The molecule has 0 bridgehead atoms. The van der Waals surface area contributed by atoms with Crippen LogP contribution in [0.3, 0.4) is 0 Å². The van der Waals surface area contributed by atoms with Crippen LogP contribution in [0.5, 0.6) is 5.75 Å². The number of carbonyl (C=O) groups is 1. The van der Waals surface area contributed by atoms with Crippen molar-refractivity contribution in [2.75, 3.05) is 32.8 Å². The lowest BCUT2D eigenvalue weighted by molar-refractivity contribution is -0.132. The van der Waals surface area contributed by atoms with Crippen molar-refractivity contribution in [3.63, 3.8) is 0 Å². The van der Waals surface area contributed by atoms with Gasteiger partial charge in [-0.3, -0.25) is 4.79 Å². The minimum Gasteiger partial charge on any atom is -0.484 e. The number of hydrogen-bond acceptors (Lipinski definition) is 3. The number of benzene rings is 1. The molecular weight excluding hydrogens is 276 g/mol. The van der Waals surface area contributed by atoms with Gasteiger partial charge in [0.25, 0.3) is 5.91 Å². The number of amides is 1. The molecule has 2 aliphatic rings. The number of halogens is 1. The van der Waals surface area contributed by atoms with Crippen LogP contribution in [0.2, 0.25) is 5.02 Å². The summed E-state index contributed by atoms with van der Waals surface area (Å²) in [4.78, 5) is 14.1. The normalized spacial score (nSPS) is 25.4. The number of hydrogen-bond donors (Lipinski definition) is 1. The monoisotopic (exact) mass is 294 g/mol. The topological polar surface area (TPSA) is 41.6 Å². The average Bonchev–Trinajstić information content (AvgIpc) is 3.07. The molecule has 1 spiro atoms. The van der Waals surface area contributed by atoms with E-state index in [-0.39, 0.29) is 12.5 Å². The second-order valence-corrected chi connectivity index (χ2v) is 6.17. The summed E-state index contributed by atoms with van der Waals surface area (Å²) in [5.74, 6) is 0.705. The second-order valence-electron chi connectivity index (χ2n) is 5.74. The highest BCUT2D eigenvalue weighted by Crippen LogP contribution is 2.35. The molecule has 2 fully saturated rings. The van der Waals surface area contributed by atoms with Crippen molar-refractivity contribution in [1.29, 1.82) is 0 Å². The molecule has 0 aromatic heterocycles. The predicted molar refractivity (Wildman–Crippen MR) is 78.1 cm³/mol. The van der Waals surface area contributed by atoms with Crippen molar-refractivity contribution < 1.29 is 9.53 Å². The first kappa shape index (κ1) is 13.7. The largest absolute Gasteiger partial charge is 0.484 e. The SMILES string of the molecule is O=C(COc1cccc(Cl)c1)N1CCC2(CCNC2)C1. The molecule has 4 nitrogen and oxygen atoms in total. The molecule has 2 saturated heterocycles. The van der Waals surface area contributed by atoms with Gasteiger partial charge in [-0.15, -0.1) is 0 Å². The fourth-order valence-corrected chi connectivity index (χ4v) is 3.27. The highest BCUT2D eigenvalue weighted by Gasteiger charge is 2.41. The van der Waals surface area contributed by atoms with Gasteiger partial charge in [0, 0.05) is 30.1 Å². The quantitative estimate of drug-likeness (QED) is 0.926. The van der Waals surface area contributed by atoms with E-state index in [1.54, 1.807) is 12.1 Å². The maximum atomic E-state index is 12.2. The fourth-order valence-electron chi connectivity index (χ4n) is 3.08. The first-order valence-corrected chi connectivity index (χ1v) is 7.42. The van der Waals surface area contributed by atoms with Gasteiger partial charge in [-0.2, -0.15) is 0 Å². The van der Waals surface area contributed by atoms with Crippen molar-refractivity contribution in [1.82, 2.24) is 10.2 Å². The maximum absolute atomic E-state index is 12.2. The predicted octanol–water partition coefficient (Wildman–Crippen LogP) is 1.93. The molecule has 20 heavy (non-hydrogen) atoms.